The standard InChI is InChI=1S/C18H26O2/c19-18-10-9-15-13(11-20-18)6-8-16-14-4-2-1-3-12(14)5-7-17(15)16/h6,12,14-17H,1-5,7-11H2. The zero-order chi connectivity index (χ0) is 13.5. The van der Waals surface area contributed by atoms with Crippen LogP contribution in [0, 0.1) is 29.6 Å². The van der Waals surface area contributed by atoms with Crippen LogP contribution in [0.1, 0.15) is 57.8 Å². The van der Waals surface area contributed by atoms with Crippen molar-refractivity contribution in [3.8, 4) is 0 Å². The van der Waals surface area contributed by atoms with E-state index in [2.05, 4.69) is 6.08 Å². The summed E-state index contributed by atoms with van der Waals surface area (Å²) in [5.41, 5.74) is 1.45. The van der Waals surface area contributed by atoms with E-state index in [1.807, 2.05) is 0 Å². The zero-order valence-corrected chi connectivity index (χ0v) is 12.4. The van der Waals surface area contributed by atoms with E-state index in [0.717, 1.165) is 30.1 Å². The lowest BCUT2D eigenvalue weighted by Gasteiger charge is -2.50. The van der Waals surface area contributed by atoms with Crippen LogP contribution in [0.5, 0.6) is 0 Å². The zero-order valence-electron chi connectivity index (χ0n) is 12.4. The number of rotatable bonds is 0. The van der Waals surface area contributed by atoms with Crippen LogP contribution in [0.3, 0.4) is 0 Å². The third-order valence-corrected chi connectivity index (χ3v) is 6.64. The van der Waals surface area contributed by atoms with E-state index < -0.39 is 0 Å². The van der Waals surface area contributed by atoms with Gasteiger partial charge in [0.1, 0.15) is 6.61 Å². The fourth-order valence-corrected chi connectivity index (χ4v) is 5.73. The highest BCUT2D eigenvalue weighted by Gasteiger charge is 2.45. The van der Waals surface area contributed by atoms with Crippen LogP contribution in [0.15, 0.2) is 11.6 Å². The van der Waals surface area contributed by atoms with Gasteiger partial charge in [-0.3, -0.25) is 4.79 Å². The summed E-state index contributed by atoms with van der Waals surface area (Å²) in [6.45, 7) is 0.584. The van der Waals surface area contributed by atoms with Gasteiger partial charge in [-0.05, 0) is 67.3 Å². The Bertz CT molecular complexity index is 425. The van der Waals surface area contributed by atoms with Crippen molar-refractivity contribution >= 4 is 5.97 Å². The molecule has 1 aliphatic heterocycles. The number of fused-ring (bicyclic) bond motifs is 5. The molecule has 0 N–H and O–H groups in total. The molecule has 0 bridgehead atoms. The molecule has 20 heavy (non-hydrogen) atoms. The predicted octanol–water partition coefficient (Wildman–Crippen LogP) is 4.10. The van der Waals surface area contributed by atoms with Gasteiger partial charge in [0.15, 0.2) is 0 Å². The monoisotopic (exact) mass is 274 g/mol. The smallest absolute Gasteiger partial charge is 0.306 e. The van der Waals surface area contributed by atoms with Gasteiger partial charge < -0.3 is 4.74 Å². The molecule has 5 unspecified atom stereocenters. The molecule has 2 nitrogen and oxygen atoms in total. The third kappa shape index (κ3) is 2.12. The summed E-state index contributed by atoms with van der Waals surface area (Å²) >= 11 is 0. The van der Waals surface area contributed by atoms with Crippen molar-refractivity contribution in [1.82, 2.24) is 0 Å². The molecule has 3 aliphatic carbocycles. The molecule has 5 atom stereocenters. The number of ether oxygens (including phenoxy) is 1. The lowest BCUT2D eigenvalue weighted by atomic mass is 9.55. The second kappa shape index (κ2) is 5.20. The molecule has 0 aromatic carbocycles. The van der Waals surface area contributed by atoms with Crippen molar-refractivity contribution in [2.75, 3.05) is 6.61 Å². The molecular formula is C18H26O2. The van der Waals surface area contributed by atoms with Crippen LogP contribution >= 0.6 is 0 Å². The van der Waals surface area contributed by atoms with Crippen LogP contribution in [0.2, 0.25) is 0 Å². The van der Waals surface area contributed by atoms with Gasteiger partial charge in [-0.15, -0.1) is 0 Å². The summed E-state index contributed by atoms with van der Waals surface area (Å²) in [6, 6.07) is 0. The number of carbonyl (C=O) groups is 1. The lowest BCUT2D eigenvalue weighted by Crippen LogP contribution is -2.42. The van der Waals surface area contributed by atoms with Crippen LogP contribution in [-0.4, -0.2) is 12.6 Å². The quantitative estimate of drug-likeness (QED) is 0.491. The maximum Gasteiger partial charge on any atom is 0.306 e. The van der Waals surface area contributed by atoms with Crippen molar-refractivity contribution in [1.29, 1.82) is 0 Å². The molecule has 3 fully saturated rings. The average molecular weight is 274 g/mol. The number of carbonyl (C=O) groups excluding carboxylic acids is 1. The second-order valence-electron chi connectivity index (χ2n) is 7.43. The van der Waals surface area contributed by atoms with Gasteiger partial charge in [0.05, 0.1) is 0 Å². The van der Waals surface area contributed by atoms with Crippen molar-refractivity contribution < 1.29 is 9.53 Å². The Kier molecular flexibility index (Phi) is 3.36. The Morgan fingerprint density at radius 3 is 2.80 bits per heavy atom. The Morgan fingerprint density at radius 2 is 1.85 bits per heavy atom. The van der Waals surface area contributed by atoms with Gasteiger partial charge in [-0.2, -0.15) is 0 Å². The molecule has 4 aliphatic rings. The minimum Gasteiger partial charge on any atom is -0.461 e. The first-order valence-corrected chi connectivity index (χ1v) is 8.67. The Balaban J connectivity index is 1.58. The van der Waals surface area contributed by atoms with E-state index in [1.54, 1.807) is 0 Å². The SMILES string of the molecule is O=C1CCC2C(=CCC3C4CCCCC4CCC23)CO1. The first-order valence-electron chi connectivity index (χ1n) is 8.67. The van der Waals surface area contributed by atoms with Crippen molar-refractivity contribution in [2.45, 2.75) is 57.8 Å². The average Bonchev–Trinajstić information content (AvgIpc) is 2.69. The molecule has 1 heterocycles. The van der Waals surface area contributed by atoms with Crippen molar-refractivity contribution in [2.24, 2.45) is 29.6 Å². The van der Waals surface area contributed by atoms with Crippen LogP contribution < -0.4 is 0 Å². The Hall–Kier alpha value is -0.790. The van der Waals surface area contributed by atoms with E-state index in [0.29, 0.717) is 18.9 Å². The van der Waals surface area contributed by atoms with E-state index in [4.69, 9.17) is 4.74 Å². The molecule has 0 radical (unpaired) electrons. The molecule has 110 valence electrons. The molecule has 0 spiro atoms. The molecular weight excluding hydrogens is 248 g/mol. The molecule has 1 saturated heterocycles. The summed E-state index contributed by atoms with van der Waals surface area (Å²) < 4.78 is 5.35. The normalized spacial score (nSPS) is 44.3. The number of hydrogen-bond donors (Lipinski definition) is 0. The highest BCUT2D eigenvalue weighted by atomic mass is 16.5. The minimum atomic E-state index is 0.0169. The third-order valence-electron chi connectivity index (χ3n) is 6.64. The van der Waals surface area contributed by atoms with Crippen LogP contribution in [0.4, 0.5) is 0 Å². The van der Waals surface area contributed by atoms with E-state index in [-0.39, 0.29) is 5.97 Å². The first kappa shape index (κ1) is 12.9. The fourth-order valence-electron chi connectivity index (χ4n) is 5.73. The van der Waals surface area contributed by atoms with E-state index >= 15 is 0 Å². The number of hydrogen-bond acceptors (Lipinski definition) is 2. The van der Waals surface area contributed by atoms with Crippen LogP contribution in [-0.2, 0) is 9.53 Å². The minimum absolute atomic E-state index is 0.0169. The van der Waals surface area contributed by atoms with Crippen molar-refractivity contribution in [3.05, 3.63) is 11.6 Å². The predicted molar refractivity (Wildman–Crippen MR) is 78.0 cm³/mol. The van der Waals surface area contributed by atoms with E-state index in [9.17, 15) is 4.79 Å². The summed E-state index contributed by atoms with van der Waals surface area (Å²) in [4.78, 5) is 11.6. The van der Waals surface area contributed by atoms with Gasteiger partial charge in [-0.1, -0.05) is 25.3 Å². The maximum atomic E-state index is 11.6. The summed E-state index contributed by atoms with van der Waals surface area (Å²) in [5.74, 6) is 4.44. The first-order chi connectivity index (χ1) is 9.83. The van der Waals surface area contributed by atoms with Crippen LogP contribution in [0.25, 0.3) is 0 Å². The number of cyclic esters (lactones) is 1. The Morgan fingerprint density at radius 1 is 0.950 bits per heavy atom. The molecule has 0 aromatic rings. The van der Waals surface area contributed by atoms with Gasteiger partial charge in [0.25, 0.3) is 0 Å². The maximum absolute atomic E-state index is 11.6. The lowest BCUT2D eigenvalue weighted by molar-refractivity contribution is -0.142. The Labute approximate surface area is 122 Å². The van der Waals surface area contributed by atoms with Gasteiger partial charge in [-0.25, -0.2) is 0 Å². The molecule has 0 amide bonds. The summed E-state index contributed by atoms with van der Waals surface area (Å²) in [7, 11) is 0. The molecule has 0 aromatic heterocycles. The van der Waals surface area contributed by atoms with Gasteiger partial charge in [0.2, 0.25) is 0 Å². The molecule has 4 rings (SSSR count). The highest BCUT2D eigenvalue weighted by Crippen LogP contribution is 2.54. The van der Waals surface area contributed by atoms with Gasteiger partial charge in [0, 0.05) is 6.42 Å². The number of esters is 1. The van der Waals surface area contributed by atoms with Crippen molar-refractivity contribution in [3.63, 3.8) is 0 Å². The number of allylic oxidation sites excluding steroid dienone is 1. The molecule has 2 saturated carbocycles. The van der Waals surface area contributed by atoms with Gasteiger partial charge >= 0.3 is 5.97 Å². The summed E-state index contributed by atoms with van der Waals surface area (Å²) in [5, 5.41) is 0. The molecule has 2 heteroatoms. The topological polar surface area (TPSA) is 26.3 Å². The highest BCUT2D eigenvalue weighted by molar-refractivity contribution is 5.70. The largest absolute Gasteiger partial charge is 0.461 e. The second-order valence-corrected chi connectivity index (χ2v) is 7.43. The van der Waals surface area contributed by atoms with E-state index in [1.165, 1.54) is 50.5 Å². The fraction of sp³-hybridized carbons (Fsp3) is 0.833. The summed E-state index contributed by atoms with van der Waals surface area (Å²) in [6.07, 6.45) is 14.1.